The van der Waals surface area contributed by atoms with Crippen molar-refractivity contribution in [3.05, 3.63) is 0 Å². The van der Waals surface area contributed by atoms with Gasteiger partial charge in [-0.05, 0) is 33.7 Å². The maximum Gasteiger partial charge on any atom is 0.0599 e. The second-order valence-electron chi connectivity index (χ2n) is 4.76. The number of aliphatic hydroxyl groups is 1. The Balaban J connectivity index is 2.65. The van der Waals surface area contributed by atoms with Crippen molar-refractivity contribution in [2.75, 3.05) is 26.2 Å². The molecule has 1 heterocycles. The van der Waals surface area contributed by atoms with E-state index in [9.17, 15) is 5.11 Å². The third-order valence-electron chi connectivity index (χ3n) is 2.65. The summed E-state index contributed by atoms with van der Waals surface area (Å²) in [6.07, 6.45) is 1.17. The Morgan fingerprint density at radius 2 is 2.15 bits per heavy atom. The van der Waals surface area contributed by atoms with Gasteiger partial charge in [0.05, 0.1) is 6.61 Å². The topological polar surface area (TPSA) is 35.5 Å². The number of rotatable bonds is 1. The molecule has 0 amide bonds. The molecule has 1 unspecified atom stereocenters. The van der Waals surface area contributed by atoms with Gasteiger partial charge in [0.25, 0.3) is 0 Å². The second kappa shape index (κ2) is 4.40. The number of nitrogens with one attached hydrogen (secondary N) is 1. The van der Waals surface area contributed by atoms with Gasteiger partial charge in [-0.2, -0.15) is 0 Å². The molecule has 0 bridgehead atoms. The van der Waals surface area contributed by atoms with Crippen molar-refractivity contribution in [3.8, 4) is 0 Å². The number of hydrogen-bond donors (Lipinski definition) is 2. The summed E-state index contributed by atoms with van der Waals surface area (Å²) in [4.78, 5) is 2.40. The van der Waals surface area contributed by atoms with E-state index < -0.39 is 0 Å². The summed E-state index contributed by atoms with van der Waals surface area (Å²) >= 11 is 0. The van der Waals surface area contributed by atoms with E-state index in [1.165, 1.54) is 6.42 Å². The Bertz CT molecular complexity index is 153. The van der Waals surface area contributed by atoms with Gasteiger partial charge in [-0.3, -0.25) is 4.90 Å². The number of aliphatic hydroxyl groups excluding tert-OH is 1. The highest BCUT2D eigenvalue weighted by Gasteiger charge is 2.29. The summed E-state index contributed by atoms with van der Waals surface area (Å²) in [7, 11) is 0. The third kappa shape index (κ3) is 2.93. The molecule has 1 rings (SSSR count). The minimum absolute atomic E-state index is 0.166. The lowest BCUT2D eigenvalue weighted by atomic mass is 10.0. The lowest BCUT2D eigenvalue weighted by Crippen LogP contribution is -2.51. The molecule has 0 aromatic heterocycles. The fourth-order valence-electron chi connectivity index (χ4n) is 1.98. The van der Waals surface area contributed by atoms with Crippen molar-refractivity contribution in [3.63, 3.8) is 0 Å². The van der Waals surface area contributed by atoms with E-state index in [-0.39, 0.29) is 18.2 Å². The summed E-state index contributed by atoms with van der Waals surface area (Å²) in [5.41, 5.74) is 0.166. The van der Waals surface area contributed by atoms with Gasteiger partial charge < -0.3 is 10.4 Å². The standard InChI is InChI=1S/C10H22N2O/c1-10(2,3)12-6-4-5-11-7-9(12)8-13/h9,11,13H,4-8H2,1-3H3. The van der Waals surface area contributed by atoms with Crippen LogP contribution in [0.3, 0.4) is 0 Å². The molecule has 0 radical (unpaired) electrons. The van der Waals surface area contributed by atoms with Crippen LogP contribution < -0.4 is 5.32 Å². The first kappa shape index (κ1) is 11.0. The van der Waals surface area contributed by atoms with E-state index in [1.807, 2.05) is 0 Å². The third-order valence-corrected chi connectivity index (χ3v) is 2.65. The van der Waals surface area contributed by atoms with Crippen LogP contribution in [0, 0.1) is 0 Å². The van der Waals surface area contributed by atoms with E-state index >= 15 is 0 Å². The quantitative estimate of drug-likeness (QED) is 0.624. The van der Waals surface area contributed by atoms with Crippen LogP contribution in [0.2, 0.25) is 0 Å². The Morgan fingerprint density at radius 3 is 2.69 bits per heavy atom. The van der Waals surface area contributed by atoms with Gasteiger partial charge in [0.1, 0.15) is 0 Å². The lowest BCUT2D eigenvalue weighted by Gasteiger charge is -2.39. The van der Waals surface area contributed by atoms with Crippen LogP contribution in [0.5, 0.6) is 0 Å². The molecule has 1 aliphatic heterocycles. The molecule has 3 nitrogen and oxygen atoms in total. The van der Waals surface area contributed by atoms with Crippen LogP contribution in [-0.4, -0.2) is 47.8 Å². The molecule has 0 aromatic carbocycles. The molecule has 0 aliphatic carbocycles. The number of hydrogen-bond acceptors (Lipinski definition) is 3. The van der Waals surface area contributed by atoms with E-state index in [4.69, 9.17) is 0 Å². The van der Waals surface area contributed by atoms with Crippen molar-refractivity contribution in [1.29, 1.82) is 0 Å². The zero-order valence-electron chi connectivity index (χ0n) is 9.01. The van der Waals surface area contributed by atoms with Crippen LogP contribution in [0.4, 0.5) is 0 Å². The van der Waals surface area contributed by atoms with Gasteiger partial charge in [-0.1, -0.05) is 0 Å². The minimum Gasteiger partial charge on any atom is -0.395 e. The van der Waals surface area contributed by atoms with E-state index in [1.54, 1.807) is 0 Å². The molecule has 1 atom stereocenters. The normalized spacial score (nSPS) is 27.2. The summed E-state index contributed by atoms with van der Waals surface area (Å²) in [5, 5.41) is 12.6. The Kier molecular flexibility index (Phi) is 3.71. The first-order chi connectivity index (χ1) is 6.05. The zero-order valence-corrected chi connectivity index (χ0v) is 9.01. The van der Waals surface area contributed by atoms with E-state index in [0.717, 1.165) is 19.6 Å². The first-order valence-corrected chi connectivity index (χ1v) is 5.14. The lowest BCUT2D eigenvalue weighted by molar-refractivity contribution is 0.0546. The highest BCUT2D eigenvalue weighted by atomic mass is 16.3. The average Bonchev–Trinajstić information content (AvgIpc) is 2.26. The van der Waals surface area contributed by atoms with E-state index in [0.29, 0.717) is 0 Å². The summed E-state index contributed by atoms with van der Waals surface area (Å²) < 4.78 is 0. The molecule has 1 fully saturated rings. The molecule has 78 valence electrons. The maximum absolute atomic E-state index is 9.27. The Labute approximate surface area is 81.1 Å². The summed E-state index contributed by atoms with van der Waals surface area (Å²) in [6.45, 7) is 9.95. The van der Waals surface area contributed by atoms with Gasteiger partial charge in [-0.25, -0.2) is 0 Å². The van der Waals surface area contributed by atoms with E-state index in [2.05, 4.69) is 31.0 Å². The molecule has 3 heteroatoms. The zero-order chi connectivity index (χ0) is 9.90. The average molecular weight is 186 g/mol. The minimum atomic E-state index is 0.166. The van der Waals surface area contributed by atoms with Gasteiger partial charge in [0.2, 0.25) is 0 Å². The molecule has 0 aromatic rings. The largest absolute Gasteiger partial charge is 0.395 e. The van der Waals surface area contributed by atoms with Crippen molar-refractivity contribution >= 4 is 0 Å². The number of nitrogens with zero attached hydrogens (tertiary/aromatic N) is 1. The van der Waals surface area contributed by atoms with Crippen LogP contribution in [-0.2, 0) is 0 Å². The van der Waals surface area contributed by atoms with Crippen molar-refractivity contribution in [2.24, 2.45) is 0 Å². The fourth-order valence-corrected chi connectivity index (χ4v) is 1.98. The predicted molar refractivity (Wildman–Crippen MR) is 54.8 cm³/mol. The van der Waals surface area contributed by atoms with Crippen LogP contribution >= 0.6 is 0 Å². The summed E-state index contributed by atoms with van der Waals surface area (Å²) in [6, 6.07) is 0.280. The summed E-state index contributed by atoms with van der Waals surface area (Å²) in [5.74, 6) is 0. The molecule has 13 heavy (non-hydrogen) atoms. The molecular formula is C10H22N2O. The molecule has 0 saturated carbocycles. The Morgan fingerprint density at radius 1 is 1.46 bits per heavy atom. The van der Waals surface area contributed by atoms with Crippen LogP contribution in [0.25, 0.3) is 0 Å². The molecule has 1 saturated heterocycles. The van der Waals surface area contributed by atoms with Gasteiger partial charge in [0, 0.05) is 24.7 Å². The van der Waals surface area contributed by atoms with Gasteiger partial charge in [-0.15, -0.1) is 0 Å². The maximum atomic E-state index is 9.27. The Hall–Kier alpha value is -0.120. The van der Waals surface area contributed by atoms with Gasteiger partial charge >= 0.3 is 0 Å². The first-order valence-electron chi connectivity index (χ1n) is 5.14. The second-order valence-corrected chi connectivity index (χ2v) is 4.76. The van der Waals surface area contributed by atoms with Crippen LogP contribution in [0.1, 0.15) is 27.2 Å². The monoisotopic (exact) mass is 186 g/mol. The highest BCUT2D eigenvalue weighted by molar-refractivity contribution is 4.86. The molecule has 2 N–H and O–H groups in total. The van der Waals surface area contributed by atoms with Crippen molar-refractivity contribution < 1.29 is 5.11 Å². The predicted octanol–water partition coefficient (Wildman–Crippen LogP) is 0.441. The SMILES string of the molecule is CC(C)(C)N1CCCNCC1CO. The van der Waals surface area contributed by atoms with Crippen molar-refractivity contribution in [1.82, 2.24) is 10.2 Å². The van der Waals surface area contributed by atoms with Gasteiger partial charge in [0.15, 0.2) is 0 Å². The molecular weight excluding hydrogens is 164 g/mol. The molecule has 1 aliphatic rings. The molecule has 0 spiro atoms. The highest BCUT2D eigenvalue weighted by Crippen LogP contribution is 2.18. The van der Waals surface area contributed by atoms with Crippen LogP contribution in [0.15, 0.2) is 0 Å². The van der Waals surface area contributed by atoms with Crippen molar-refractivity contribution in [2.45, 2.75) is 38.8 Å². The fraction of sp³-hybridized carbons (Fsp3) is 1.00. The smallest absolute Gasteiger partial charge is 0.0599 e.